The maximum atomic E-state index is 9.12. The van der Waals surface area contributed by atoms with Gasteiger partial charge in [-0.25, -0.2) is 0 Å². The fourth-order valence-corrected chi connectivity index (χ4v) is 2.35. The monoisotopic (exact) mass is 245 g/mol. The number of aliphatic hydroxyl groups excluding tert-OH is 2. The molecule has 96 valence electrons. The summed E-state index contributed by atoms with van der Waals surface area (Å²) in [4.78, 5) is 2.36. The summed E-state index contributed by atoms with van der Waals surface area (Å²) in [5, 5.41) is 17.8. The summed E-state index contributed by atoms with van der Waals surface area (Å²) in [6.07, 6.45) is 1.08. The first-order valence-corrected chi connectivity index (χ1v) is 6.33. The third-order valence-electron chi connectivity index (χ3n) is 3.27. The maximum Gasteiger partial charge on any atom is 0.104 e. The summed E-state index contributed by atoms with van der Waals surface area (Å²) >= 11 is 0. The van der Waals surface area contributed by atoms with Crippen LogP contribution in [0.3, 0.4) is 0 Å². The lowest BCUT2D eigenvalue weighted by Gasteiger charge is -2.15. The highest BCUT2D eigenvalue weighted by molar-refractivity contribution is 5.37. The van der Waals surface area contributed by atoms with Gasteiger partial charge in [0.25, 0.3) is 0 Å². The molecule has 1 unspecified atom stereocenters. The van der Waals surface area contributed by atoms with Crippen LogP contribution in [0.5, 0.6) is 0 Å². The van der Waals surface area contributed by atoms with Gasteiger partial charge in [-0.1, -0.05) is 24.0 Å². The third-order valence-corrected chi connectivity index (χ3v) is 3.27. The molecule has 1 aliphatic rings. The molecule has 3 nitrogen and oxygen atoms in total. The number of hydrogen-bond acceptors (Lipinski definition) is 3. The Balaban J connectivity index is 1.97. The van der Waals surface area contributed by atoms with Gasteiger partial charge in [0, 0.05) is 25.3 Å². The van der Waals surface area contributed by atoms with Crippen molar-refractivity contribution >= 4 is 0 Å². The normalized spacial score (nSPS) is 19.6. The van der Waals surface area contributed by atoms with E-state index >= 15 is 0 Å². The molecule has 0 aliphatic carbocycles. The molecule has 1 atom stereocenters. The SMILES string of the molecule is OCC#Cc1cccc(CN2CCC(CO)C2)c1. The van der Waals surface area contributed by atoms with Gasteiger partial charge in [-0.15, -0.1) is 0 Å². The largest absolute Gasteiger partial charge is 0.396 e. The van der Waals surface area contributed by atoms with Gasteiger partial charge < -0.3 is 10.2 Å². The molecular weight excluding hydrogens is 226 g/mol. The van der Waals surface area contributed by atoms with Crippen LogP contribution in [0.25, 0.3) is 0 Å². The molecule has 0 radical (unpaired) electrons. The number of hydrogen-bond donors (Lipinski definition) is 2. The van der Waals surface area contributed by atoms with E-state index in [2.05, 4.69) is 28.9 Å². The minimum absolute atomic E-state index is 0.103. The smallest absolute Gasteiger partial charge is 0.104 e. The lowest BCUT2D eigenvalue weighted by Crippen LogP contribution is -2.20. The minimum atomic E-state index is -0.103. The van der Waals surface area contributed by atoms with Crippen molar-refractivity contribution in [2.75, 3.05) is 26.3 Å². The molecule has 1 aromatic rings. The molecule has 1 aromatic carbocycles. The van der Waals surface area contributed by atoms with E-state index in [1.807, 2.05) is 12.1 Å². The zero-order chi connectivity index (χ0) is 12.8. The lowest BCUT2D eigenvalue weighted by molar-refractivity contribution is 0.220. The average Bonchev–Trinajstić information content (AvgIpc) is 2.84. The van der Waals surface area contributed by atoms with Crippen LogP contribution >= 0.6 is 0 Å². The zero-order valence-corrected chi connectivity index (χ0v) is 10.5. The molecule has 1 aliphatic heterocycles. The van der Waals surface area contributed by atoms with E-state index in [0.717, 1.165) is 31.6 Å². The number of rotatable bonds is 3. The predicted molar refractivity (Wildman–Crippen MR) is 70.9 cm³/mol. The van der Waals surface area contributed by atoms with E-state index in [1.54, 1.807) is 0 Å². The van der Waals surface area contributed by atoms with Crippen molar-refractivity contribution in [3.63, 3.8) is 0 Å². The van der Waals surface area contributed by atoms with Gasteiger partial charge in [0.05, 0.1) is 0 Å². The first-order chi connectivity index (χ1) is 8.81. The van der Waals surface area contributed by atoms with Crippen LogP contribution in [0, 0.1) is 17.8 Å². The molecule has 18 heavy (non-hydrogen) atoms. The molecular formula is C15H19NO2. The van der Waals surface area contributed by atoms with E-state index in [-0.39, 0.29) is 6.61 Å². The van der Waals surface area contributed by atoms with E-state index in [0.29, 0.717) is 12.5 Å². The van der Waals surface area contributed by atoms with E-state index in [9.17, 15) is 0 Å². The summed E-state index contributed by atoms with van der Waals surface area (Å²) < 4.78 is 0. The second-order valence-electron chi connectivity index (χ2n) is 4.73. The van der Waals surface area contributed by atoms with E-state index in [4.69, 9.17) is 10.2 Å². The number of aliphatic hydroxyl groups is 2. The van der Waals surface area contributed by atoms with Gasteiger partial charge in [-0.05, 0) is 36.6 Å². The van der Waals surface area contributed by atoms with Crippen LogP contribution in [0.1, 0.15) is 17.5 Å². The van der Waals surface area contributed by atoms with Crippen molar-refractivity contribution in [1.29, 1.82) is 0 Å². The van der Waals surface area contributed by atoms with Crippen LogP contribution < -0.4 is 0 Å². The molecule has 0 amide bonds. The van der Waals surface area contributed by atoms with Crippen molar-refractivity contribution in [3.8, 4) is 11.8 Å². The molecule has 0 spiro atoms. The van der Waals surface area contributed by atoms with Crippen LogP contribution in [0.2, 0.25) is 0 Å². The fraction of sp³-hybridized carbons (Fsp3) is 0.467. The molecule has 1 saturated heterocycles. The second-order valence-corrected chi connectivity index (χ2v) is 4.73. The maximum absolute atomic E-state index is 9.12. The Morgan fingerprint density at radius 2 is 2.22 bits per heavy atom. The van der Waals surface area contributed by atoms with E-state index < -0.39 is 0 Å². The Morgan fingerprint density at radius 3 is 2.94 bits per heavy atom. The highest BCUT2D eigenvalue weighted by atomic mass is 16.3. The Morgan fingerprint density at radius 1 is 1.33 bits per heavy atom. The standard InChI is InChI=1S/C15H19NO2/c17-8-2-5-13-3-1-4-14(9-13)10-16-7-6-15(11-16)12-18/h1,3-4,9,15,17-18H,6-8,10-12H2. The summed E-state index contributed by atoms with van der Waals surface area (Å²) in [5.74, 6) is 6.01. The van der Waals surface area contributed by atoms with Crippen molar-refractivity contribution in [2.24, 2.45) is 5.92 Å². The van der Waals surface area contributed by atoms with Gasteiger partial charge in [0.15, 0.2) is 0 Å². The van der Waals surface area contributed by atoms with Crippen molar-refractivity contribution in [3.05, 3.63) is 35.4 Å². The van der Waals surface area contributed by atoms with Crippen LogP contribution in [-0.4, -0.2) is 41.4 Å². The summed E-state index contributed by atoms with van der Waals surface area (Å²) in [6.45, 7) is 3.12. The zero-order valence-electron chi connectivity index (χ0n) is 10.5. The predicted octanol–water partition coefficient (Wildman–Crippen LogP) is 0.845. The Kier molecular flexibility index (Phi) is 4.77. The van der Waals surface area contributed by atoms with Gasteiger partial charge in [-0.2, -0.15) is 0 Å². The quantitative estimate of drug-likeness (QED) is 0.776. The molecule has 3 heteroatoms. The van der Waals surface area contributed by atoms with Crippen molar-refractivity contribution in [2.45, 2.75) is 13.0 Å². The molecule has 1 fully saturated rings. The van der Waals surface area contributed by atoms with Crippen LogP contribution in [0.15, 0.2) is 24.3 Å². The molecule has 0 aromatic heterocycles. The lowest BCUT2D eigenvalue weighted by atomic mass is 10.1. The highest BCUT2D eigenvalue weighted by Gasteiger charge is 2.21. The fourth-order valence-electron chi connectivity index (χ4n) is 2.35. The minimum Gasteiger partial charge on any atom is -0.396 e. The topological polar surface area (TPSA) is 43.7 Å². The summed E-state index contributed by atoms with van der Waals surface area (Å²) in [5.41, 5.74) is 2.18. The first-order valence-electron chi connectivity index (χ1n) is 6.33. The van der Waals surface area contributed by atoms with Crippen molar-refractivity contribution in [1.82, 2.24) is 4.90 Å². The highest BCUT2D eigenvalue weighted by Crippen LogP contribution is 2.18. The molecule has 2 N–H and O–H groups in total. The molecule has 2 rings (SSSR count). The summed E-state index contributed by atoms with van der Waals surface area (Å²) in [6, 6.07) is 8.11. The van der Waals surface area contributed by atoms with Gasteiger partial charge >= 0.3 is 0 Å². The summed E-state index contributed by atoms with van der Waals surface area (Å²) in [7, 11) is 0. The number of nitrogens with zero attached hydrogens (tertiary/aromatic N) is 1. The van der Waals surface area contributed by atoms with E-state index in [1.165, 1.54) is 5.56 Å². The van der Waals surface area contributed by atoms with Crippen molar-refractivity contribution < 1.29 is 10.2 Å². The van der Waals surface area contributed by atoms with Gasteiger partial charge in [0.2, 0.25) is 0 Å². The van der Waals surface area contributed by atoms with Crippen LogP contribution in [0.4, 0.5) is 0 Å². The average molecular weight is 245 g/mol. The molecule has 0 bridgehead atoms. The number of benzene rings is 1. The van der Waals surface area contributed by atoms with Crippen LogP contribution in [-0.2, 0) is 6.54 Å². The molecule has 1 heterocycles. The Bertz CT molecular complexity index is 447. The Hall–Kier alpha value is -1.34. The van der Waals surface area contributed by atoms with Gasteiger partial charge in [0.1, 0.15) is 6.61 Å². The third kappa shape index (κ3) is 3.58. The first kappa shape index (κ1) is 13.1. The number of likely N-dealkylation sites (tertiary alicyclic amines) is 1. The van der Waals surface area contributed by atoms with Gasteiger partial charge in [-0.3, -0.25) is 4.90 Å². The Labute approximate surface area is 108 Å². The second kappa shape index (κ2) is 6.55. The molecule has 0 saturated carbocycles.